The molecular formula is C16H25NO2. The number of phenols is 1. The number of rotatable bonds is 2. The van der Waals surface area contributed by atoms with Crippen molar-refractivity contribution in [1.82, 2.24) is 5.32 Å². The molecule has 0 saturated carbocycles. The van der Waals surface area contributed by atoms with Gasteiger partial charge >= 0.3 is 0 Å². The normalized spacial score (nSPS) is 20.3. The van der Waals surface area contributed by atoms with Gasteiger partial charge in [0.05, 0.1) is 7.11 Å². The summed E-state index contributed by atoms with van der Waals surface area (Å²) < 4.78 is 5.34. The molecule has 0 radical (unpaired) electrons. The highest BCUT2D eigenvalue weighted by atomic mass is 16.5. The molecule has 1 aromatic rings. The van der Waals surface area contributed by atoms with E-state index in [-0.39, 0.29) is 5.41 Å². The molecule has 1 aliphatic rings. The second kappa shape index (κ2) is 5.41. The second-order valence-electron chi connectivity index (χ2n) is 6.41. The molecule has 3 heteroatoms. The Bertz CT molecular complexity index is 443. The lowest BCUT2D eigenvalue weighted by Gasteiger charge is -2.27. The van der Waals surface area contributed by atoms with Crippen LogP contribution in [0.3, 0.4) is 0 Å². The van der Waals surface area contributed by atoms with Crippen LogP contribution in [0.5, 0.6) is 11.5 Å². The van der Waals surface area contributed by atoms with E-state index >= 15 is 0 Å². The summed E-state index contributed by atoms with van der Waals surface area (Å²) >= 11 is 0. The zero-order valence-electron chi connectivity index (χ0n) is 12.4. The number of aromatic hydroxyl groups is 1. The third-order valence-corrected chi connectivity index (χ3v) is 3.93. The zero-order valence-corrected chi connectivity index (χ0v) is 12.4. The van der Waals surface area contributed by atoms with Crippen LogP contribution in [0.1, 0.15) is 50.7 Å². The van der Waals surface area contributed by atoms with Crippen molar-refractivity contribution in [1.29, 1.82) is 0 Å². The molecule has 2 N–H and O–H groups in total. The number of hydrogen-bond donors (Lipinski definition) is 2. The average molecular weight is 263 g/mol. The Morgan fingerprint density at radius 2 is 2.05 bits per heavy atom. The maximum Gasteiger partial charge on any atom is 0.161 e. The lowest BCUT2D eigenvalue weighted by Crippen LogP contribution is -2.28. The highest BCUT2D eigenvalue weighted by Crippen LogP contribution is 2.40. The highest BCUT2D eigenvalue weighted by Gasteiger charge is 2.24. The maximum atomic E-state index is 10.4. The smallest absolute Gasteiger partial charge is 0.161 e. The molecule has 0 amide bonds. The molecule has 1 atom stereocenters. The Morgan fingerprint density at radius 1 is 1.32 bits per heavy atom. The summed E-state index contributed by atoms with van der Waals surface area (Å²) in [5, 5.41) is 13.8. The summed E-state index contributed by atoms with van der Waals surface area (Å²) in [6.45, 7) is 8.56. The number of benzene rings is 1. The first-order valence-electron chi connectivity index (χ1n) is 7.05. The third-order valence-electron chi connectivity index (χ3n) is 3.93. The van der Waals surface area contributed by atoms with Gasteiger partial charge in [-0.05, 0) is 36.4 Å². The van der Waals surface area contributed by atoms with E-state index in [4.69, 9.17) is 4.74 Å². The first-order chi connectivity index (χ1) is 8.93. The van der Waals surface area contributed by atoms with Crippen molar-refractivity contribution in [2.75, 3.05) is 20.2 Å². The number of methoxy groups -OCH3 is 1. The van der Waals surface area contributed by atoms with E-state index in [0.29, 0.717) is 17.4 Å². The molecule has 1 saturated heterocycles. The van der Waals surface area contributed by atoms with E-state index in [1.165, 1.54) is 5.56 Å². The molecule has 1 fully saturated rings. The van der Waals surface area contributed by atoms with E-state index in [2.05, 4.69) is 32.2 Å². The first-order valence-corrected chi connectivity index (χ1v) is 7.05. The lowest BCUT2D eigenvalue weighted by molar-refractivity contribution is 0.361. The van der Waals surface area contributed by atoms with Crippen LogP contribution in [0.25, 0.3) is 0 Å². The molecule has 2 rings (SSSR count). The average Bonchev–Trinajstić information content (AvgIpc) is 2.38. The first kappa shape index (κ1) is 14.2. The fraction of sp³-hybridized carbons (Fsp3) is 0.625. The van der Waals surface area contributed by atoms with Crippen LogP contribution in [-0.4, -0.2) is 25.3 Å². The molecule has 106 valence electrons. The van der Waals surface area contributed by atoms with Gasteiger partial charge < -0.3 is 15.2 Å². The van der Waals surface area contributed by atoms with Crippen LogP contribution in [0.4, 0.5) is 0 Å². The van der Waals surface area contributed by atoms with Crippen molar-refractivity contribution in [2.45, 2.75) is 44.9 Å². The molecule has 1 aromatic carbocycles. The van der Waals surface area contributed by atoms with Crippen LogP contribution in [0.15, 0.2) is 12.1 Å². The van der Waals surface area contributed by atoms with Gasteiger partial charge in [-0.1, -0.05) is 26.8 Å². The molecular weight excluding hydrogens is 238 g/mol. The quantitative estimate of drug-likeness (QED) is 0.861. The van der Waals surface area contributed by atoms with Crippen molar-refractivity contribution in [3.8, 4) is 11.5 Å². The summed E-state index contributed by atoms with van der Waals surface area (Å²) in [6, 6.07) is 4.10. The largest absolute Gasteiger partial charge is 0.504 e. The number of phenolic OH excluding ortho intramolecular Hbond substituents is 1. The van der Waals surface area contributed by atoms with Gasteiger partial charge in [0.15, 0.2) is 11.5 Å². The molecule has 1 heterocycles. The molecule has 1 unspecified atom stereocenters. The molecule has 0 aromatic heterocycles. The SMILES string of the molecule is COc1cc(C(C)(C)C)cc(C2CCCNC2)c1O. The number of nitrogens with one attached hydrogen (secondary N) is 1. The zero-order chi connectivity index (χ0) is 14.0. The topological polar surface area (TPSA) is 41.5 Å². The van der Waals surface area contributed by atoms with Crippen LogP contribution >= 0.6 is 0 Å². The van der Waals surface area contributed by atoms with Gasteiger partial charge in [0.1, 0.15) is 0 Å². The van der Waals surface area contributed by atoms with E-state index in [1.54, 1.807) is 7.11 Å². The van der Waals surface area contributed by atoms with E-state index < -0.39 is 0 Å². The summed E-state index contributed by atoms with van der Waals surface area (Å²) in [7, 11) is 1.62. The molecule has 0 aliphatic carbocycles. The number of ether oxygens (including phenoxy) is 1. The molecule has 0 bridgehead atoms. The van der Waals surface area contributed by atoms with Gasteiger partial charge in [-0.15, -0.1) is 0 Å². The second-order valence-corrected chi connectivity index (χ2v) is 6.41. The van der Waals surface area contributed by atoms with Crippen LogP contribution in [0, 0.1) is 0 Å². The van der Waals surface area contributed by atoms with Crippen molar-refractivity contribution in [2.24, 2.45) is 0 Å². The predicted molar refractivity (Wildman–Crippen MR) is 78.2 cm³/mol. The minimum atomic E-state index is 0.0534. The van der Waals surface area contributed by atoms with Gasteiger partial charge in [0.2, 0.25) is 0 Å². The minimum absolute atomic E-state index is 0.0534. The molecule has 1 aliphatic heterocycles. The molecule has 3 nitrogen and oxygen atoms in total. The fourth-order valence-corrected chi connectivity index (χ4v) is 2.65. The Balaban J connectivity index is 2.45. The monoisotopic (exact) mass is 263 g/mol. The van der Waals surface area contributed by atoms with Crippen LogP contribution in [-0.2, 0) is 5.41 Å². The van der Waals surface area contributed by atoms with Gasteiger partial charge in [-0.25, -0.2) is 0 Å². The van der Waals surface area contributed by atoms with Crippen LogP contribution < -0.4 is 10.1 Å². The summed E-state index contributed by atoms with van der Waals surface area (Å²) in [4.78, 5) is 0. The lowest BCUT2D eigenvalue weighted by atomic mass is 9.82. The standard InChI is InChI=1S/C16H25NO2/c1-16(2,3)12-8-13(11-6-5-7-17-10-11)15(18)14(9-12)19-4/h8-9,11,17-18H,5-7,10H2,1-4H3. The van der Waals surface area contributed by atoms with Crippen molar-refractivity contribution in [3.05, 3.63) is 23.3 Å². The van der Waals surface area contributed by atoms with Gasteiger partial charge in [0, 0.05) is 18.0 Å². The van der Waals surface area contributed by atoms with Crippen molar-refractivity contribution < 1.29 is 9.84 Å². The van der Waals surface area contributed by atoms with E-state index in [1.807, 2.05) is 6.07 Å². The van der Waals surface area contributed by atoms with Crippen LogP contribution in [0.2, 0.25) is 0 Å². The van der Waals surface area contributed by atoms with E-state index in [9.17, 15) is 5.11 Å². The number of piperidine rings is 1. The summed E-state index contributed by atoms with van der Waals surface area (Å²) in [5.41, 5.74) is 2.29. The Morgan fingerprint density at radius 3 is 2.58 bits per heavy atom. The molecule has 19 heavy (non-hydrogen) atoms. The summed E-state index contributed by atoms with van der Waals surface area (Å²) in [5.74, 6) is 1.28. The van der Waals surface area contributed by atoms with Gasteiger partial charge in [0.25, 0.3) is 0 Å². The Labute approximate surface area is 116 Å². The van der Waals surface area contributed by atoms with Crippen molar-refractivity contribution >= 4 is 0 Å². The highest BCUT2D eigenvalue weighted by molar-refractivity contribution is 5.51. The van der Waals surface area contributed by atoms with Gasteiger partial charge in [-0.3, -0.25) is 0 Å². The number of hydrogen-bond acceptors (Lipinski definition) is 3. The van der Waals surface area contributed by atoms with E-state index in [0.717, 1.165) is 31.5 Å². The minimum Gasteiger partial charge on any atom is -0.504 e. The summed E-state index contributed by atoms with van der Waals surface area (Å²) in [6.07, 6.45) is 2.28. The third kappa shape index (κ3) is 3.03. The Kier molecular flexibility index (Phi) is 4.04. The molecule has 0 spiro atoms. The predicted octanol–water partition coefficient (Wildman–Crippen LogP) is 3.17. The fourth-order valence-electron chi connectivity index (χ4n) is 2.65. The maximum absolute atomic E-state index is 10.4. The Hall–Kier alpha value is -1.22. The van der Waals surface area contributed by atoms with Crippen molar-refractivity contribution in [3.63, 3.8) is 0 Å². The van der Waals surface area contributed by atoms with Gasteiger partial charge in [-0.2, -0.15) is 0 Å².